The number of aliphatic imine (C=N–C) groups is 1. The lowest BCUT2D eigenvalue weighted by Crippen LogP contribution is -2.45. The van der Waals surface area contributed by atoms with Crippen LogP contribution in [0, 0.1) is 0 Å². The zero-order chi connectivity index (χ0) is 21.3. The molecular weight excluding hydrogens is 385 g/mol. The average Bonchev–Trinajstić information content (AvgIpc) is 3.09. The van der Waals surface area contributed by atoms with Crippen molar-refractivity contribution < 1.29 is 22.6 Å². The first-order chi connectivity index (χ1) is 13.8. The largest absolute Gasteiger partial charge is 0.493 e. The lowest BCUT2D eigenvalue weighted by Gasteiger charge is -2.19. The molecule has 6 nitrogen and oxygen atoms in total. The number of halogens is 3. The summed E-state index contributed by atoms with van der Waals surface area (Å²) in [6.45, 7) is 3.16. The number of alkyl halides is 3. The monoisotopic (exact) mass is 416 g/mol. The van der Waals surface area contributed by atoms with Gasteiger partial charge in [0.05, 0.1) is 20.3 Å². The Morgan fingerprint density at radius 2 is 2.10 bits per heavy atom. The summed E-state index contributed by atoms with van der Waals surface area (Å²) in [4.78, 5) is 5.60. The number of methoxy groups -OCH3 is 1. The molecule has 1 aliphatic rings. The number of hydrogen-bond acceptors (Lipinski definition) is 4. The first-order valence-corrected chi connectivity index (χ1v) is 9.90. The lowest BCUT2D eigenvalue weighted by atomic mass is 10.1. The quantitative estimate of drug-likeness (QED) is 0.368. The number of likely N-dealkylation sites (tertiary alicyclic amines) is 1. The first-order valence-electron chi connectivity index (χ1n) is 9.90. The van der Waals surface area contributed by atoms with Crippen LogP contribution >= 0.6 is 0 Å². The number of nitrogens with zero attached hydrogens (tertiary/aromatic N) is 2. The number of ether oxygens (including phenoxy) is 2. The van der Waals surface area contributed by atoms with Crippen molar-refractivity contribution in [3.05, 3.63) is 23.8 Å². The Hall–Kier alpha value is -2.16. The van der Waals surface area contributed by atoms with Crippen LogP contribution in [-0.4, -0.2) is 70.0 Å². The van der Waals surface area contributed by atoms with Gasteiger partial charge in [-0.2, -0.15) is 13.2 Å². The molecule has 1 atom stereocenters. The van der Waals surface area contributed by atoms with Gasteiger partial charge in [0.25, 0.3) is 0 Å². The molecule has 1 aliphatic heterocycles. The summed E-state index contributed by atoms with van der Waals surface area (Å²) in [5.74, 6) is 2.07. The standard InChI is InChI=1S/C20H31F3N4O2/c1-4-29-18-12-15(7-8-17(18)28-3)6-5-10-25-19(24-2)26-16-9-11-27(13-16)14-20(21,22)23/h7-8,12,16H,4-6,9-11,13-14H2,1-3H3,(H2,24,25,26). The van der Waals surface area contributed by atoms with Crippen molar-refractivity contribution >= 4 is 5.96 Å². The minimum absolute atomic E-state index is 0.0288. The normalized spacial score (nSPS) is 18.0. The third-order valence-electron chi connectivity index (χ3n) is 4.70. The third kappa shape index (κ3) is 8.00. The molecule has 1 unspecified atom stereocenters. The van der Waals surface area contributed by atoms with E-state index in [0.29, 0.717) is 38.6 Å². The Kier molecular flexibility index (Phi) is 8.88. The van der Waals surface area contributed by atoms with E-state index in [1.807, 2.05) is 25.1 Å². The Morgan fingerprint density at radius 3 is 2.76 bits per heavy atom. The first kappa shape index (κ1) is 23.1. The van der Waals surface area contributed by atoms with Gasteiger partial charge < -0.3 is 20.1 Å². The van der Waals surface area contributed by atoms with E-state index < -0.39 is 12.7 Å². The topological polar surface area (TPSA) is 58.1 Å². The Balaban J connectivity index is 1.73. The second-order valence-corrected chi connectivity index (χ2v) is 7.00. The number of hydrogen-bond donors (Lipinski definition) is 2. The SMILES string of the molecule is CCOc1cc(CCCNC(=NC)NC2CCN(CC(F)(F)F)C2)ccc1OC. The van der Waals surface area contributed by atoms with Gasteiger partial charge >= 0.3 is 6.18 Å². The van der Waals surface area contributed by atoms with Gasteiger partial charge in [0.15, 0.2) is 17.5 Å². The molecule has 2 rings (SSSR count). The number of aryl methyl sites for hydroxylation is 1. The Morgan fingerprint density at radius 1 is 1.31 bits per heavy atom. The fraction of sp³-hybridized carbons (Fsp3) is 0.650. The van der Waals surface area contributed by atoms with Crippen molar-refractivity contribution in [3.8, 4) is 11.5 Å². The van der Waals surface area contributed by atoms with Crippen LogP contribution in [0.5, 0.6) is 11.5 Å². The molecule has 0 saturated carbocycles. The Bertz CT molecular complexity index is 668. The molecular formula is C20H31F3N4O2. The zero-order valence-corrected chi connectivity index (χ0v) is 17.3. The predicted octanol–water partition coefficient (Wildman–Crippen LogP) is 2.83. The average molecular weight is 416 g/mol. The molecule has 0 spiro atoms. The lowest BCUT2D eigenvalue weighted by molar-refractivity contribution is -0.143. The predicted molar refractivity (Wildman–Crippen MR) is 108 cm³/mol. The van der Waals surface area contributed by atoms with Gasteiger partial charge in [-0.3, -0.25) is 9.89 Å². The van der Waals surface area contributed by atoms with E-state index in [1.54, 1.807) is 14.2 Å². The molecule has 29 heavy (non-hydrogen) atoms. The summed E-state index contributed by atoms with van der Waals surface area (Å²) in [6.07, 6.45) is -1.75. The summed E-state index contributed by atoms with van der Waals surface area (Å²) in [5.41, 5.74) is 1.15. The number of rotatable bonds is 9. The van der Waals surface area contributed by atoms with Crippen molar-refractivity contribution in [1.29, 1.82) is 0 Å². The van der Waals surface area contributed by atoms with Gasteiger partial charge in [-0.05, 0) is 43.9 Å². The molecule has 1 saturated heterocycles. The van der Waals surface area contributed by atoms with Gasteiger partial charge in [-0.15, -0.1) is 0 Å². The summed E-state index contributed by atoms with van der Waals surface area (Å²) in [5, 5.41) is 6.45. The maximum Gasteiger partial charge on any atom is 0.401 e. The minimum atomic E-state index is -4.15. The van der Waals surface area contributed by atoms with Crippen molar-refractivity contribution in [2.24, 2.45) is 4.99 Å². The van der Waals surface area contributed by atoms with E-state index in [0.717, 1.165) is 29.9 Å². The maximum atomic E-state index is 12.5. The van der Waals surface area contributed by atoms with E-state index >= 15 is 0 Å². The molecule has 1 heterocycles. The summed E-state index contributed by atoms with van der Waals surface area (Å²) >= 11 is 0. The number of benzene rings is 1. The van der Waals surface area contributed by atoms with E-state index in [-0.39, 0.29) is 6.04 Å². The maximum absolute atomic E-state index is 12.5. The fourth-order valence-electron chi connectivity index (χ4n) is 3.38. The smallest absolute Gasteiger partial charge is 0.401 e. The number of guanidine groups is 1. The second kappa shape index (κ2) is 11.1. The number of nitrogens with one attached hydrogen (secondary N) is 2. The second-order valence-electron chi connectivity index (χ2n) is 7.00. The van der Waals surface area contributed by atoms with E-state index in [2.05, 4.69) is 15.6 Å². The molecule has 0 radical (unpaired) electrons. The van der Waals surface area contributed by atoms with E-state index in [4.69, 9.17) is 9.47 Å². The fourth-order valence-corrected chi connectivity index (χ4v) is 3.38. The van der Waals surface area contributed by atoms with Crippen molar-refractivity contribution in [3.63, 3.8) is 0 Å². The van der Waals surface area contributed by atoms with E-state index in [1.165, 1.54) is 4.90 Å². The van der Waals surface area contributed by atoms with Gasteiger partial charge in [-0.25, -0.2) is 0 Å². The summed E-state index contributed by atoms with van der Waals surface area (Å²) < 4.78 is 48.4. The van der Waals surface area contributed by atoms with Gasteiger partial charge in [0, 0.05) is 32.7 Å². The molecule has 2 N–H and O–H groups in total. The molecule has 0 aromatic heterocycles. The van der Waals surface area contributed by atoms with Crippen molar-refractivity contribution in [1.82, 2.24) is 15.5 Å². The van der Waals surface area contributed by atoms with Crippen LogP contribution in [0.4, 0.5) is 13.2 Å². The third-order valence-corrected chi connectivity index (χ3v) is 4.70. The highest BCUT2D eigenvalue weighted by molar-refractivity contribution is 5.80. The molecule has 0 aliphatic carbocycles. The molecule has 164 valence electrons. The van der Waals surface area contributed by atoms with Crippen molar-refractivity contribution in [2.75, 3.05) is 46.9 Å². The molecule has 1 fully saturated rings. The molecule has 1 aromatic carbocycles. The Labute approximate surface area is 170 Å². The zero-order valence-electron chi connectivity index (χ0n) is 17.3. The van der Waals surface area contributed by atoms with Gasteiger partial charge in [0.1, 0.15) is 0 Å². The highest BCUT2D eigenvalue weighted by Crippen LogP contribution is 2.28. The van der Waals surface area contributed by atoms with Crippen LogP contribution in [-0.2, 0) is 6.42 Å². The molecule has 1 aromatic rings. The summed E-state index contributed by atoms with van der Waals surface area (Å²) in [7, 11) is 3.28. The van der Waals surface area contributed by atoms with Crippen LogP contribution in [0.1, 0.15) is 25.3 Å². The van der Waals surface area contributed by atoms with Crippen LogP contribution in [0.25, 0.3) is 0 Å². The molecule has 0 bridgehead atoms. The van der Waals surface area contributed by atoms with Gasteiger partial charge in [0.2, 0.25) is 0 Å². The van der Waals surface area contributed by atoms with Crippen molar-refractivity contribution in [2.45, 2.75) is 38.4 Å². The molecule has 9 heteroatoms. The van der Waals surface area contributed by atoms with Crippen LogP contribution < -0.4 is 20.1 Å². The van der Waals surface area contributed by atoms with Crippen LogP contribution in [0.3, 0.4) is 0 Å². The van der Waals surface area contributed by atoms with Crippen LogP contribution in [0.2, 0.25) is 0 Å². The summed E-state index contributed by atoms with van der Waals surface area (Å²) in [6, 6.07) is 5.88. The highest BCUT2D eigenvalue weighted by atomic mass is 19.4. The highest BCUT2D eigenvalue weighted by Gasteiger charge is 2.34. The van der Waals surface area contributed by atoms with Crippen LogP contribution in [0.15, 0.2) is 23.2 Å². The van der Waals surface area contributed by atoms with Gasteiger partial charge in [-0.1, -0.05) is 6.07 Å². The van der Waals surface area contributed by atoms with E-state index in [9.17, 15) is 13.2 Å². The minimum Gasteiger partial charge on any atom is -0.493 e. The molecule has 0 amide bonds.